The Hall–Kier alpha value is -3.36. The smallest absolute Gasteiger partial charge is 0.352 e. The Bertz CT molecular complexity index is 1140. The van der Waals surface area contributed by atoms with E-state index in [1.807, 2.05) is 0 Å². The van der Waals surface area contributed by atoms with E-state index in [0.29, 0.717) is 5.52 Å². The van der Waals surface area contributed by atoms with Crippen LogP contribution in [0.1, 0.15) is 21.6 Å². The molecular formula is C21H20ClN3O5. The number of carbonyl (C=O) groups is 3. The summed E-state index contributed by atoms with van der Waals surface area (Å²) in [6, 6.07) is 12.4. The van der Waals surface area contributed by atoms with Gasteiger partial charge in [0.1, 0.15) is 11.1 Å². The number of amides is 2. The quantitative estimate of drug-likeness (QED) is 0.473. The van der Waals surface area contributed by atoms with Gasteiger partial charge in [0.25, 0.3) is 5.91 Å². The number of fused-ring (bicyclic) bond motifs is 1. The summed E-state index contributed by atoms with van der Waals surface area (Å²) in [5.41, 5.74) is 3.65. The monoisotopic (exact) mass is 429 g/mol. The average molecular weight is 430 g/mol. The van der Waals surface area contributed by atoms with Gasteiger partial charge >= 0.3 is 5.97 Å². The Balaban J connectivity index is 2.55. The maximum atomic E-state index is 13.0. The molecule has 30 heavy (non-hydrogen) atoms. The lowest BCUT2D eigenvalue weighted by Crippen LogP contribution is -2.57. The number of carboxylic acids is 1. The van der Waals surface area contributed by atoms with E-state index >= 15 is 0 Å². The predicted molar refractivity (Wildman–Crippen MR) is 111 cm³/mol. The lowest BCUT2D eigenvalue weighted by molar-refractivity contribution is -0.145. The number of benzene rings is 2. The second kappa shape index (κ2) is 7.81. The molecule has 0 saturated carbocycles. The Morgan fingerprint density at radius 2 is 1.77 bits per heavy atom. The van der Waals surface area contributed by atoms with Crippen molar-refractivity contribution in [2.75, 3.05) is 14.1 Å². The van der Waals surface area contributed by atoms with Gasteiger partial charge in [0.15, 0.2) is 6.10 Å². The van der Waals surface area contributed by atoms with E-state index in [1.54, 1.807) is 30.3 Å². The van der Waals surface area contributed by atoms with Gasteiger partial charge in [-0.2, -0.15) is 0 Å². The highest BCUT2D eigenvalue weighted by Gasteiger charge is 2.54. The third-order valence-electron chi connectivity index (χ3n) is 5.07. The fraction of sp³-hybridized carbons (Fsp3) is 0.190. The molecule has 5 N–H and O–H groups in total. The molecule has 0 saturated heterocycles. The topological polar surface area (TPSA) is 137 Å². The number of nitrogens with zero attached hydrogens (tertiary/aromatic N) is 1. The summed E-state index contributed by atoms with van der Waals surface area (Å²) in [5.74, 6) is -3.28. The SMILES string of the molecule is CN(C)C(=O)C(O)C(C(N)=O)(c1ccccc1)c1c(C(=O)O)[nH]c2ccc(Cl)cc12. The zero-order chi connectivity index (χ0) is 22.2. The zero-order valence-electron chi connectivity index (χ0n) is 16.2. The average Bonchev–Trinajstić information content (AvgIpc) is 3.07. The van der Waals surface area contributed by atoms with Gasteiger partial charge in [-0.05, 0) is 23.8 Å². The molecule has 8 nitrogen and oxygen atoms in total. The number of nitrogens with one attached hydrogen (secondary N) is 1. The Kier molecular flexibility index (Phi) is 5.56. The number of primary amides is 1. The summed E-state index contributed by atoms with van der Waals surface area (Å²) in [5, 5.41) is 21.6. The van der Waals surface area contributed by atoms with Gasteiger partial charge in [-0.25, -0.2) is 4.79 Å². The summed E-state index contributed by atoms with van der Waals surface area (Å²) in [4.78, 5) is 41.8. The lowest BCUT2D eigenvalue weighted by Gasteiger charge is -2.36. The van der Waals surface area contributed by atoms with Gasteiger partial charge < -0.3 is 25.8 Å². The Labute approximate surface area is 176 Å². The van der Waals surface area contributed by atoms with Crippen LogP contribution in [0.4, 0.5) is 0 Å². The molecule has 1 aromatic heterocycles. The Morgan fingerprint density at radius 1 is 1.13 bits per heavy atom. The molecule has 9 heteroatoms. The molecule has 2 amide bonds. The van der Waals surface area contributed by atoms with Gasteiger partial charge in [0.05, 0.1) is 0 Å². The van der Waals surface area contributed by atoms with E-state index in [0.717, 1.165) is 4.90 Å². The van der Waals surface area contributed by atoms with Gasteiger partial charge in [-0.3, -0.25) is 9.59 Å². The number of halogens is 1. The van der Waals surface area contributed by atoms with Crippen molar-refractivity contribution in [3.8, 4) is 0 Å². The van der Waals surface area contributed by atoms with Crippen LogP contribution in [0.3, 0.4) is 0 Å². The molecule has 2 unspecified atom stereocenters. The number of aromatic carboxylic acids is 1. The first kappa shape index (κ1) is 21.4. The first-order valence-electron chi connectivity index (χ1n) is 8.92. The lowest BCUT2D eigenvalue weighted by atomic mass is 9.68. The second-order valence-corrected chi connectivity index (χ2v) is 7.48. The normalized spacial score (nSPS) is 14.1. The predicted octanol–water partition coefficient (Wildman–Crippen LogP) is 1.74. The number of nitrogens with two attached hydrogens (primary N) is 1. The fourth-order valence-corrected chi connectivity index (χ4v) is 3.88. The summed E-state index contributed by atoms with van der Waals surface area (Å²) < 4.78 is 0. The van der Waals surface area contributed by atoms with Crippen molar-refractivity contribution in [3.63, 3.8) is 0 Å². The van der Waals surface area contributed by atoms with Gasteiger partial charge in [-0.1, -0.05) is 41.9 Å². The minimum Gasteiger partial charge on any atom is -0.477 e. The molecule has 1 heterocycles. The van der Waals surface area contributed by atoms with Crippen LogP contribution in [0, 0.1) is 0 Å². The third kappa shape index (κ3) is 3.20. The van der Waals surface area contributed by atoms with Crippen molar-refractivity contribution in [2.45, 2.75) is 11.5 Å². The molecule has 0 bridgehead atoms. The molecule has 2 aromatic carbocycles. The van der Waals surface area contributed by atoms with E-state index in [-0.39, 0.29) is 27.2 Å². The van der Waals surface area contributed by atoms with Crippen molar-refractivity contribution < 1.29 is 24.6 Å². The molecule has 0 radical (unpaired) electrons. The summed E-state index contributed by atoms with van der Waals surface area (Å²) in [6.45, 7) is 0. The number of aromatic amines is 1. The van der Waals surface area contributed by atoms with Crippen LogP contribution in [0.5, 0.6) is 0 Å². The molecule has 156 valence electrons. The molecule has 0 aliphatic heterocycles. The first-order chi connectivity index (χ1) is 14.1. The van der Waals surface area contributed by atoms with Crippen LogP contribution in [0.2, 0.25) is 5.02 Å². The number of carboxylic acid groups (broad SMARTS) is 1. The van der Waals surface area contributed by atoms with Crippen molar-refractivity contribution in [1.82, 2.24) is 9.88 Å². The molecule has 0 aliphatic carbocycles. The van der Waals surface area contributed by atoms with Crippen molar-refractivity contribution in [2.24, 2.45) is 5.73 Å². The van der Waals surface area contributed by atoms with Crippen molar-refractivity contribution in [1.29, 1.82) is 0 Å². The van der Waals surface area contributed by atoms with E-state index in [1.165, 1.54) is 32.3 Å². The highest BCUT2D eigenvalue weighted by Crippen LogP contribution is 2.43. The standard InChI is InChI=1S/C21H20ClN3O5/c1-25(2)18(27)17(26)21(20(23)30,11-6-4-3-5-7-11)15-13-10-12(22)8-9-14(13)24-16(15)19(28)29/h3-10,17,24,26H,1-2H3,(H2,23,30)(H,28,29). The number of likely N-dealkylation sites (N-methyl/N-ethyl adjacent to an activating group) is 1. The third-order valence-corrected chi connectivity index (χ3v) is 5.31. The van der Waals surface area contributed by atoms with Gasteiger partial charge in [0.2, 0.25) is 5.91 Å². The zero-order valence-corrected chi connectivity index (χ0v) is 17.0. The molecule has 0 spiro atoms. The first-order valence-corrected chi connectivity index (χ1v) is 9.29. The number of hydrogen-bond acceptors (Lipinski definition) is 4. The van der Waals surface area contributed by atoms with E-state index < -0.39 is 29.3 Å². The van der Waals surface area contributed by atoms with E-state index in [9.17, 15) is 24.6 Å². The molecule has 3 aromatic rings. The number of aromatic nitrogens is 1. The van der Waals surface area contributed by atoms with Gasteiger partial charge in [0, 0.05) is 35.6 Å². The van der Waals surface area contributed by atoms with E-state index in [2.05, 4.69) is 4.98 Å². The number of hydrogen-bond donors (Lipinski definition) is 4. The number of rotatable bonds is 6. The van der Waals surface area contributed by atoms with Crippen molar-refractivity contribution >= 4 is 40.3 Å². The minimum absolute atomic E-state index is 0.131. The fourth-order valence-electron chi connectivity index (χ4n) is 3.70. The van der Waals surface area contributed by atoms with Crippen molar-refractivity contribution in [3.05, 3.63) is 70.4 Å². The van der Waals surface area contributed by atoms with Crippen LogP contribution in [0.25, 0.3) is 10.9 Å². The molecule has 2 atom stereocenters. The molecule has 0 fully saturated rings. The van der Waals surface area contributed by atoms with E-state index in [4.69, 9.17) is 17.3 Å². The minimum atomic E-state index is -2.20. The van der Waals surface area contributed by atoms with Crippen LogP contribution in [-0.2, 0) is 15.0 Å². The van der Waals surface area contributed by atoms with Crippen LogP contribution in [-0.4, -0.2) is 58.1 Å². The molecular weight excluding hydrogens is 410 g/mol. The number of aliphatic hydroxyl groups excluding tert-OH is 1. The maximum absolute atomic E-state index is 13.0. The number of aliphatic hydroxyl groups is 1. The summed E-state index contributed by atoms with van der Waals surface area (Å²) in [6.07, 6.45) is -2.00. The second-order valence-electron chi connectivity index (χ2n) is 7.04. The summed E-state index contributed by atoms with van der Waals surface area (Å²) >= 11 is 6.13. The largest absolute Gasteiger partial charge is 0.477 e. The maximum Gasteiger partial charge on any atom is 0.352 e. The summed E-state index contributed by atoms with van der Waals surface area (Å²) in [7, 11) is 2.82. The molecule has 3 rings (SSSR count). The molecule has 0 aliphatic rings. The van der Waals surface area contributed by atoms with Crippen LogP contribution in [0.15, 0.2) is 48.5 Å². The van der Waals surface area contributed by atoms with Crippen LogP contribution >= 0.6 is 11.6 Å². The van der Waals surface area contributed by atoms with Gasteiger partial charge in [-0.15, -0.1) is 0 Å². The Morgan fingerprint density at radius 3 is 2.30 bits per heavy atom. The highest BCUT2D eigenvalue weighted by molar-refractivity contribution is 6.31. The number of carbonyl (C=O) groups excluding carboxylic acids is 2. The number of H-pyrrole nitrogens is 1. The highest BCUT2D eigenvalue weighted by atomic mass is 35.5. The van der Waals surface area contributed by atoms with Crippen LogP contribution < -0.4 is 5.73 Å².